The fourth-order valence-corrected chi connectivity index (χ4v) is 2.99. The smallest absolute Gasteiger partial charge is 0.192 e. The Morgan fingerprint density at radius 1 is 1.39 bits per heavy atom. The Kier molecular flexibility index (Phi) is 4.54. The van der Waals surface area contributed by atoms with Crippen LogP contribution in [0, 0.1) is 0 Å². The number of fused-ring (bicyclic) bond motifs is 1. The van der Waals surface area contributed by atoms with Gasteiger partial charge in [-0.15, -0.1) is 0 Å². The lowest BCUT2D eigenvalue weighted by Gasteiger charge is -2.49. The largest absolute Gasteiger partial charge is 0.390 e. The number of ether oxygens (including phenoxy) is 4. The Labute approximate surface area is 133 Å². The average molecular weight is 321 g/mol. The molecule has 0 aromatic heterocycles. The summed E-state index contributed by atoms with van der Waals surface area (Å²) in [5.74, 6) is -1.01. The maximum Gasteiger partial charge on any atom is 0.192 e. The molecular weight excluding hydrogens is 302 g/mol. The second kappa shape index (κ2) is 6.45. The van der Waals surface area contributed by atoms with E-state index >= 15 is 0 Å². The molecular formula is C15H19N3O5. The summed E-state index contributed by atoms with van der Waals surface area (Å²) in [5, 5.41) is 14.2. The van der Waals surface area contributed by atoms with Gasteiger partial charge in [0.25, 0.3) is 0 Å². The molecule has 124 valence electrons. The molecule has 0 spiro atoms. The number of hydrogen-bond acceptors (Lipinski definition) is 6. The first-order valence-electron chi connectivity index (χ1n) is 7.37. The van der Waals surface area contributed by atoms with Gasteiger partial charge in [0.1, 0.15) is 18.2 Å². The summed E-state index contributed by atoms with van der Waals surface area (Å²) in [5.41, 5.74) is 9.53. The first-order valence-corrected chi connectivity index (χ1v) is 7.37. The first-order chi connectivity index (χ1) is 11.1. The molecule has 8 heteroatoms. The number of nitrogens with zero attached hydrogens (tertiary/aromatic N) is 3. The SMILES string of the molecule is CO[C@@H]1O[C@@H]2CO[C@](C)(c3ccccc3)O[C@@H]2[C@H](O)[C@H]1N=[N+]=[N-]. The van der Waals surface area contributed by atoms with Gasteiger partial charge in [0.2, 0.25) is 0 Å². The van der Waals surface area contributed by atoms with Crippen LogP contribution in [-0.2, 0) is 24.7 Å². The number of hydrogen-bond donors (Lipinski definition) is 1. The van der Waals surface area contributed by atoms with Crippen LogP contribution in [0.2, 0.25) is 0 Å². The van der Waals surface area contributed by atoms with Crippen molar-refractivity contribution in [3.8, 4) is 0 Å². The molecule has 2 heterocycles. The molecule has 1 aromatic rings. The Hall–Kier alpha value is -1.67. The van der Waals surface area contributed by atoms with Crippen molar-refractivity contribution in [3.05, 3.63) is 46.3 Å². The maximum absolute atomic E-state index is 10.6. The lowest BCUT2D eigenvalue weighted by molar-refractivity contribution is -0.376. The topological polar surface area (TPSA) is 106 Å². The van der Waals surface area contributed by atoms with Crippen molar-refractivity contribution in [2.75, 3.05) is 13.7 Å². The molecule has 6 atom stereocenters. The van der Waals surface area contributed by atoms with Gasteiger partial charge >= 0.3 is 0 Å². The maximum atomic E-state index is 10.6. The zero-order chi connectivity index (χ0) is 16.4. The second-order valence-corrected chi connectivity index (χ2v) is 5.67. The molecule has 23 heavy (non-hydrogen) atoms. The number of aliphatic hydroxyl groups is 1. The van der Waals surface area contributed by atoms with E-state index in [-0.39, 0.29) is 6.61 Å². The molecule has 2 saturated heterocycles. The molecule has 2 fully saturated rings. The third-order valence-electron chi connectivity index (χ3n) is 4.24. The van der Waals surface area contributed by atoms with Gasteiger partial charge in [-0.05, 0) is 12.5 Å². The van der Waals surface area contributed by atoms with Gasteiger partial charge in [-0.2, -0.15) is 0 Å². The molecule has 0 unspecified atom stereocenters. The zero-order valence-electron chi connectivity index (χ0n) is 12.9. The normalized spacial score (nSPS) is 40.0. The van der Waals surface area contributed by atoms with Crippen LogP contribution < -0.4 is 0 Å². The zero-order valence-corrected chi connectivity index (χ0v) is 12.9. The molecule has 0 amide bonds. The molecule has 2 aliphatic rings. The van der Waals surface area contributed by atoms with Crippen LogP contribution in [0.25, 0.3) is 10.4 Å². The highest BCUT2D eigenvalue weighted by molar-refractivity contribution is 5.20. The lowest BCUT2D eigenvalue weighted by Crippen LogP contribution is -2.63. The second-order valence-electron chi connectivity index (χ2n) is 5.67. The highest BCUT2D eigenvalue weighted by atomic mass is 16.8. The van der Waals surface area contributed by atoms with Crippen LogP contribution in [-0.4, -0.2) is 49.5 Å². The van der Waals surface area contributed by atoms with Crippen LogP contribution in [0.1, 0.15) is 12.5 Å². The summed E-state index contributed by atoms with van der Waals surface area (Å²) in [7, 11) is 1.43. The third kappa shape index (κ3) is 2.92. The summed E-state index contributed by atoms with van der Waals surface area (Å²) >= 11 is 0. The molecule has 2 aliphatic heterocycles. The number of azide groups is 1. The van der Waals surface area contributed by atoms with E-state index in [0.717, 1.165) is 5.56 Å². The van der Waals surface area contributed by atoms with Crippen molar-refractivity contribution in [2.24, 2.45) is 5.11 Å². The van der Waals surface area contributed by atoms with Crippen LogP contribution in [0.4, 0.5) is 0 Å². The van der Waals surface area contributed by atoms with Crippen molar-refractivity contribution in [3.63, 3.8) is 0 Å². The molecule has 0 aliphatic carbocycles. The van der Waals surface area contributed by atoms with Crippen molar-refractivity contribution >= 4 is 0 Å². The molecule has 3 rings (SSSR count). The molecule has 8 nitrogen and oxygen atoms in total. The minimum atomic E-state index is -1.05. The molecule has 0 saturated carbocycles. The number of aliphatic hydroxyl groups excluding tert-OH is 1. The first kappa shape index (κ1) is 16.2. The van der Waals surface area contributed by atoms with E-state index in [1.807, 2.05) is 30.3 Å². The number of benzene rings is 1. The summed E-state index contributed by atoms with van der Waals surface area (Å²) < 4.78 is 22.7. The van der Waals surface area contributed by atoms with E-state index in [1.165, 1.54) is 7.11 Å². The van der Waals surface area contributed by atoms with E-state index in [0.29, 0.717) is 0 Å². The van der Waals surface area contributed by atoms with Gasteiger partial charge in [0, 0.05) is 17.6 Å². The summed E-state index contributed by atoms with van der Waals surface area (Å²) in [4.78, 5) is 2.76. The summed E-state index contributed by atoms with van der Waals surface area (Å²) in [6, 6.07) is 8.56. The van der Waals surface area contributed by atoms with E-state index < -0.39 is 36.4 Å². The Balaban J connectivity index is 1.85. The fourth-order valence-electron chi connectivity index (χ4n) is 2.99. The Morgan fingerprint density at radius 3 is 2.78 bits per heavy atom. The number of rotatable bonds is 3. The molecule has 0 radical (unpaired) electrons. The standard InChI is InChI=1S/C15H19N3O5/c1-15(9-6-4-3-5-7-9)21-8-10-13(23-15)12(19)11(17-18-16)14(20-2)22-10/h3-7,10-14,19H,8H2,1-2H3/t10-,11-,12-,13+,14-,15+/m1/s1. The molecule has 1 aromatic carbocycles. The van der Waals surface area contributed by atoms with Crippen LogP contribution in [0.15, 0.2) is 35.4 Å². The van der Waals surface area contributed by atoms with Crippen molar-refractivity contribution in [2.45, 2.75) is 43.4 Å². The Morgan fingerprint density at radius 2 is 2.13 bits per heavy atom. The van der Waals surface area contributed by atoms with Crippen molar-refractivity contribution < 1.29 is 24.1 Å². The summed E-state index contributed by atoms with van der Waals surface area (Å²) in [6.07, 6.45) is -3.08. The van der Waals surface area contributed by atoms with E-state index in [9.17, 15) is 5.11 Å². The summed E-state index contributed by atoms with van der Waals surface area (Å²) in [6.45, 7) is 2.02. The predicted molar refractivity (Wildman–Crippen MR) is 79.2 cm³/mol. The minimum Gasteiger partial charge on any atom is -0.390 e. The van der Waals surface area contributed by atoms with Gasteiger partial charge in [-0.3, -0.25) is 0 Å². The monoisotopic (exact) mass is 321 g/mol. The van der Waals surface area contributed by atoms with E-state index in [2.05, 4.69) is 10.0 Å². The number of methoxy groups -OCH3 is 1. The van der Waals surface area contributed by atoms with Crippen LogP contribution >= 0.6 is 0 Å². The van der Waals surface area contributed by atoms with Gasteiger partial charge in [-0.1, -0.05) is 35.4 Å². The quantitative estimate of drug-likeness (QED) is 0.518. The highest BCUT2D eigenvalue weighted by Gasteiger charge is 2.52. The average Bonchev–Trinajstić information content (AvgIpc) is 2.59. The van der Waals surface area contributed by atoms with Crippen molar-refractivity contribution in [1.29, 1.82) is 0 Å². The van der Waals surface area contributed by atoms with E-state index in [4.69, 9.17) is 24.5 Å². The highest BCUT2D eigenvalue weighted by Crippen LogP contribution is 2.38. The van der Waals surface area contributed by atoms with Crippen molar-refractivity contribution in [1.82, 2.24) is 0 Å². The lowest BCUT2D eigenvalue weighted by atomic mass is 9.95. The molecule has 0 bridgehead atoms. The van der Waals surface area contributed by atoms with Crippen LogP contribution in [0.5, 0.6) is 0 Å². The van der Waals surface area contributed by atoms with Gasteiger partial charge in [-0.25, -0.2) is 0 Å². The fraction of sp³-hybridized carbons (Fsp3) is 0.600. The Bertz CT molecular complexity index is 594. The third-order valence-corrected chi connectivity index (χ3v) is 4.24. The minimum absolute atomic E-state index is 0.232. The van der Waals surface area contributed by atoms with Gasteiger partial charge < -0.3 is 24.1 Å². The van der Waals surface area contributed by atoms with Gasteiger partial charge in [0.15, 0.2) is 12.1 Å². The van der Waals surface area contributed by atoms with E-state index in [1.54, 1.807) is 6.92 Å². The van der Waals surface area contributed by atoms with Crippen LogP contribution in [0.3, 0.4) is 0 Å². The van der Waals surface area contributed by atoms with Gasteiger partial charge in [0.05, 0.1) is 12.7 Å². The molecule has 1 N–H and O–H groups in total. The predicted octanol–water partition coefficient (Wildman–Crippen LogP) is 1.69.